The largest absolute Gasteiger partial charge is 0.460 e. The molecule has 5 nitrogen and oxygen atoms in total. The first-order chi connectivity index (χ1) is 14.1. The van der Waals surface area contributed by atoms with Crippen LogP contribution < -0.4 is 5.43 Å². The molecule has 1 heterocycles. The summed E-state index contributed by atoms with van der Waals surface area (Å²) in [7, 11) is 0. The standard InChI is InChI=1S/C14H11F13N4O/c1-3-31-5-7(6(2)30-31)4-28-29-8(32)9(15,16)10(17,18)11(19,20)12(21,22)13(23,24)14(25,26)27/h4-5H,3H2,1-2H3,(H,29,32)/b28-4-. The van der Waals surface area contributed by atoms with Gasteiger partial charge in [0.05, 0.1) is 11.9 Å². The Kier molecular flexibility index (Phi) is 6.95. The average Bonchev–Trinajstić information content (AvgIpc) is 2.99. The van der Waals surface area contributed by atoms with Crippen molar-refractivity contribution in [1.82, 2.24) is 15.2 Å². The van der Waals surface area contributed by atoms with Crippen LogP contribution in [0, 0.1) is 6.92 Å². The van der Waals surface area contributed by atoms with Crippen molar-refractivity contribution in [3.05, 3.63) is 17.5 Å². The highest BCUT2D eigenvalue weighted by atomic mass is 19.4. The summed E-state index contributed by atoms with van der Waals surface area (Å²) < 4.78 is 170. The lowest BCUT2D eigenvalue weighted by Crippen LogP contribution is -2.71. The Hall–Kier alpha value is -2.56. The molecule has 1 N–H and O–H groups in total. The molecule has 0 atom stereocenters. The Morgan fingerprint density at radius 2 is 1.41 bits per heavy atom. The van der Waals surface area contributed by atoms with Gasteiger partial charge in [-0.25, -0.2) is 5.43 Å². The number of carbonyl (C=O) groups is 1. The van der Waals surface area contributed by atoms with Gasteiger partial charge >= 0.3 is 41.7 Å². The van der Waals surface area contributed by atoms with Gasteiger partial charge in [-0.15, -0.1) is 0 Å². The summed E-state index contributed by atoms with van der Waals surface area (Å²) >= 11 is 0. The van der Waals surface area contributed by atoms with E-state index in [0.717, 1.165) is 0 Å². The molecular formula is C14H11F13N4O. The quantitative estimate of drug-likeness (QED) is 0.328. The maximum atomic E-state index is 13.6. The molecule has 1 amide bonds. The van der Waals surface area contributed by atoms with Crippen molar-refractivity contribution >= 4 is 12.1 Å². The van der Waals surface area contributed by atoms with Crippen LogP contribution in [0.3, 0.4) is 0 Å². The van der Waals surface area contributed by atoms with E-state index >= 15 is 0 Å². The number of alkyl halides is 13. The van der Waals surface area contributed by atoms with Crippen molar-refractivity contribution in [2.24, 2.45) is 5.10 Å². The van der Waals surface area contributed by atoms with Gasteiger partial charge in [-0.1, -0.05) is 0 Å². The second-order valence-corrected chi connectivity index (χ2v) is 6.09. The zero-order chi connectivity index (χ0) is 25.6. The highest BCUT2D eigenvalue weighted by Crippen LogP contribution is 2.60. The van der Waals surface area contributed by atoms with Crippen molar-refractivity contribution in [1.29, 1.82) is 0 Å². The Morgan fingerprint density at radius 3 is 1.81 bits per heavy atom. The maximum absolute atomic E-state index is 13.6. The fourth-order valence-electron chi connectivity index (χ4n) is 1.96. The summed E-state index contributed by atoms with van der Waals surface area (Å²) in [5.74, 6) is -42.1. The molecule has 1 rings (SSSR count). The van der Waals surface area contributed by atoms with E-state index in [2.05, 4.69) is 10.2 Å². The second-order valence-electron chi connectivity index (χ2n) is 6.09. The van der Waals surface area contributed by atoms with Crippen LogP contribution in [0.25, 0.3) is 0 Å². The summed E-state index contributed by atoms with van der Waals surface area (Å²) in [4.78, 5) is 11.2. The monoisotopic (exact) mass is 498 g/mol. The van der Waals surface area contributed by atoms with Gasteiger partial charge in [0.25, 0.3) is 0 Å². The number of aromatic nitrogens is 2. The van der Waals surface area contributed by atoms with Gasteiger partial charge in [0.15, 0.2) is 0 Å². The number of halogens is 13. The van der Waals surface area contributed by atoms with Crippen molar-refractivity contribution in [3.63, 3.8) is 0 Å². The van der Waals surface area contributed by atoms with Crippen LogP contribution in [0.4, 0.5) is 57.1 Å². The molecule has 184 valence electrons. The van der Waals surface area contributed by atoms with Gasteiger partial charge in [-0.2, -0.15) is 67.3 Å². The third kappa shape index (κ3) is 4.10. The third-order valence-corrected chi connectivity index (χ3v) is 3.90. The van der Waals surface area contributed by atoms with Crippen LogP contribution in [0.2, 0.25) is 0 Å². The van der Waals surface area contributed by atoms with E-state index in [1.165, 1.54) is 17.8 Å². The first-order valence-electron chi connectivity index (χ1n) is 7.93. The second kappa shape index (κ2) is 8.09. The topological polar surface area (TPSA) is 59.3 Å². The van der Waals surface area contributed by atoms with Crippen molar-refractivity contribution in [3.8, 4) is 0 Å². The zero-order valence-corrected chi connectivity index (χ0v) is 15.5. The van der Waals surface area contributed by atoms with Crippen molar-refractivity contribution < 1.29 is 61.9 Å². The smallest absolute Gasteiger partial charge is 0.272 e. The molecule has 0 spiro atoms. The Morgan fingerprint density at radius 1 is 0.938 bits per heavy atom. The Balaban J connectivity index is 3.24. The van der Waals surface area contributed by atoms with E-state index in [9.17, 15) is 61.9 Å². The molecule has 0 aliphatic carbocycles. The summed E-state index contributed by atoms with van der Waals surface area (Å²) in [5.41, 5.74) is 0.745. The molecule has 0 saturated heterocycles. The van der Waals surface area contributed by atoms with Crippen molar-refractivity contribution in [2.75, 3.05) is 0 Å². The summed E-state index contributed by atoms with van der Waals surface area (Å²) in [6, 6.07) is 0. The van der Waals surface area contributed by atoms with Crippen LogP contribution in [-0.4, -0.2) is 57.7 Å². The molecule has 0 aliphatic heterocycles. The van der Waals surface area contributed by atoms with E-state index < -0.39 is 41.7 Å². The van der Waals surface area contributed by atoms with Gasteiger partial charge in [0.1, 0.15) is 0 Å². The van der Waals surface area contributed by atoms with Gasteiger partial charge in [-0.05, 0) is 13.8 Å². The number of nitrogens with zero attached hydrogens (tertiary/aromatic N) is 3. The average molecular weight is 498 g/mol. The van der Waals surface area contributed by atoms with E-state index in [1.807, 2.05) is 0 Å². The van der Waals surface area contributed by atoms with Crippen LogP contribution in [-0.2, 0) is 11.3 Å². The van der Waals surface area contributed by atoms with Gasteiger partial charge in [0, 0.05) is 18.3 Å². The number of aryl methyl sites for hydroxylation is 2. The predicted octanol–water partition coefficient (Wildman–Crippen LogP) is 4.40. The fraction of sp³-hybridized carbons (Fsp3) is 0.643. The molecular weight excluding hydrogens is 487 g/mol. The maximum Gasteiger partial charge on any atom is 0.460 e. The van der Waals surface area contributed by atoms with E-state index in [0.29, 0.717) is 11.6 Å². The summed E-state index contributed by atoms with van der Waals surface area (Å²) in [6.07, 6.45) is -5.82. The molecule has 0 aliphatic rings. The number of hydrogen-bond donors (Lipinski definition) is 1. The minimum atomic E-state index is -8.08. The number of nitrogens with one attached hydrogen (secondary N) is 1. The number of carbonyl (C=O) groups excluding carboxylic acids is 1. The van der Waals surface area contributed by atoms with E-state index in [4.69, 9.17) is 0 Å². The molecule has 0 radical (unpaired) electrons. The van der Waals surface area contributed by atoms with Gasteiger partial charge in [-0.3, -0.25) is 9.48 Å². The molecule has 1 aromatic heterocycles. The molecule has 32 heavy (non-hydrogen) atoms. The highest BCUT2D eigenvalue weighted by molar-refractivity contribution is 5.87. The third-order valence-electron chi connectivity index (χ3n) is 3.90. The highest BCUT2D eigenvalue weighted by Gasteiger charge is 2.91. The van der Waals surface area contributed by atoms with Gasteiger partial charge in [0.2, 0.25) is 0 Å². The number of hydrazone groups is 1. The predicted molar refractivity (Wildman–Crippen MR) is 79.2 cm³/mol. The van der Waals surface area contributed by atoms with Crippen LogP contribution in [0.15, 0.2) is 11.3 Å². The zero-order valence-electron chi connectivity index (χ0n) is 15.5. The van der Waals surface area contributed by atoms with Crippen LogP contribution in [0.5, 0.6) is 0 Å². The summed E-state index contributed by atoms with van der Waals surface area (Å²) in [5, 5.41) is 6.53. The number of rotatable bonds is 8. The molecule has 0 bridgehead atoms. The molecule has 18 heteroatoms. The molecule has 0 saturated carbocycles. The molecule has 0 fully saturated rings. The lowest BCUT2D eigenvalue weighted by atomic mass is 9.93. The SMILES string of the molecule is CCn1cc(/C=N\NC(=O)C(F)(F)C(F)(F)C(F)(F)C(F)(F)C(F)(F)C(F)(F)F)c(C)n1. The molecule has 0 aromatic carbocycles. The Bertz CT molecular complexity index is 872. The van der Waals surface area contributed by atoms with Crippen LogP contribution >= 0.6 is 0 Å². The molecule has 1 aromatic rings. The van der Waals surface area contributed by atoms with Gasteiger partial charge < -0.3 is 0 Å². The fourth-order valence-corrected chi connectivity index (χ4v) is 1.96. The lowest BCUT2D eigenvalue weighted by Gasteiger charge is -2.38. The van der Waals surface area contributed by atoms with Crippen molar-refractivity contribution in [2.45, 2.75) is 56.2 Å². The lowest BCUT2D eigenvalue weighted by molar-refractivity contribution is -0.436. The van der Waals surface area contributed by atoms with E-state index in [-0.39, 0.29) is 17.8 Å². The minimum Gasteiger partial charge on any atom is -0.272 e. The van der Waals surface area contributed by atoms with Crippen LogP contribution in [0.1, 0.15) is 18.2 Å². The number of hydrogen-bond acceptors (Lipinski definition) is 3. The normalized spacial score (nSPS) is 14.8. The first-order valence-corrected chi connectivity index (χ1v) is 7.93. The molecule has 0 unspecified atom stereocenters. The van der Waals surface area contributed by atoms with E-state index in [1.54, 1.807) is 6.92 Å². The minimum absolute atomic E-state index is 0.0103. The first kappa shape index (κ1) is 27.5. The Labute approximate surface area is 169 Å². The number of amides is 1. The summed E-state index contributed by atoms with van der Waals surface area (Å²) in [6.45, 7) is 3.23.